The van der Waals surface area contributed by atoms with Crippen molar-refractivity contribution in [3.63, 3.8) is 0 Å². The van der Waals surface area contributed by atoms with E-state index in [0.29, 0.717) is 16.5 Å². The maximum Gasteiger partial charge on any atom is 0.273 e. The van der Waals surface area contributed by atoms with Gasteiger partial charge in [-0.2, -0.15) is 0 Å². The third-order valence-electron chi connectivity index (χ3n) is 2.47. The van der Waals surface area contributed by atoms with E-state index in [4.69, 9.17) is 23.2 Å². The third kappa shape index (κ3) is 3.24. The standard InChI is InChI=1S/C12H12Cl2N4O/c1-7(2)18-6-8(13)3-9(18)12(19)17-11-5-15-10(14)4-16-11/h3-7H,1-2H3,(H,16,17,19). The van der Waals surface area contributed by atoms with Crippen molar-refractivity contribution in [2.45, 2.75) is 19.9 Å². The molecule has 100 valence electrons. The first-order chi connectivity index (χ1) is 8.97. The van der Waals surface area contributed by atoms with Gasteiger partial charge in [0, 0.05) is 12.2 Å². The minimum atomic E-state index is -0.294. The van der Waals surface area contributed by atoms with Crippen molar-refractivity contribution in [2.24, 2.45) is 0 Å². The van der Waals surface area contributed by atoms with Gasteiger partial charge in [-0.3, -0.25) is 4.79 Å². The van der Waals surface area contributed by atoms with Crippen LogP contribution in [0.15, 0.2) is 24.7 Å². The fourth-order valence-electron chi connectivity index (χ4n) is 1.61. The van der Waals surface area contributed by atoms with Crippen LogP contribution in [0.1, 0.15) is 30.4 Å². The highest BCUT2D eigenvalue weighted by molar-refractivity contribution is 6.31. The molecule has 0 saturated heterocycles. The van der Waals surface area contributed by atoms with E-state index in [1.807, 2.05) is 13.8 Å². The minimum Gasteiger partial charge on any atom is -0.339 e. The van der Waals surface area contributed by atoms with Crippen LogP contribution in [0.2, 0.25) is 10.2 Å². The Morgan fingerprint density at radius 1 is 1.32 bits per heavy atom. The van der Waals surface area contributed by atoms with E-state index < -0.39 is 0 Å². The maximum atomic E-state index is 12.1. The molecule has 0 aliphatic heterocycles. The Hall–Kier alpha value is -1.59. The van der Waals surface area contributed by atoms with Gasteiger partial charge >= 0.3 is 0 Å². The predicted molar refractivity (Wildman–Crippen MR) is 74.8 cm³/mol. The second-order valence-corrected chi connectivity index (χ2v) is 5.05. The topological polar surface area (TPSA) is 59.8 Å². The Morgan fingerprint density at radius 2 is 2.05 bits per heavy atom. The molecular formula is C12H12Cl2N4O. The molecule has 0 saturated carbocycles. The number of amides is 1. The van der Waals surface area contributed by atoms with Crippen LogP contribution in [0.25, 0.3) is 0 Å². The molecule has 1 N–H and O–H groups in total. The lowest BCUT2D eigenvalue weighted by atomic mass is 10.3. The molecule has 0 bridgehead atoms. The molecule has 0 atom stereocenters. The molecule has 0 fully saturated rings. The molecule has 0 aliphatic carbocycles. The number of nitrogens with one attached hydrogen (secondary N) is 1. The molecule has 7 heteroatoms. The Balaban J connectivity index is 2.22. The van der Waals surface area contributed by atoms with Crippen molar-refractivity contribution in [3.8, 4) is 0 Å². The van der Waals surface area contributed by atoms with Crippen LogP contribution in [0.3, 0.4) is 0 Å². The summed E-state index contributed by atoms with van der Waals surface area (Å²) in [6.45, 7) is 3.93. The quantitative estimate of drug-likeness (QED) is 0.944. The Labute approximate surface area is 120 Å². The highest BCUT2D eigenvalue weighted by Crippen LogP contribution is 2.19. The summed E-state index contributed by atoms with van der Waals surface area (Å²) in [7, 11) is 0. The Bertz CT molecular complexity index is 592. The van der Waals surface area contributed by atoms with Crippen molar-refractivity contribution in [1.29, 1.82) is 0 Å². The summed E-state index contributed by atoms with van der Waals surface area (Å²) in [5, 5.41) is 3.43. The average Bonchev–Trinajstić information content (AvgIpc) is 2.74. The van der Waals surface area contributed by atoms with E-state index in [1.165, 1.54) is 12.4 Å². The summed E-state index contributed by atoms with van der Waals surface area (Å²) in [6.07, 6.45) is 4.48. The maximum absolute atomic E-state index is 12.1. The second kappa shape index (κ2) is 5.59. The van der Waals surface area contributed by atoms with E-state index in [-0.39, 0.29) is 17.1 Å². The number of rotatable bonds is 3. The summed E-state index contributed by atoms with van der Waals surface area (Å²) in [6, 6.07) is 1.74. The lowest BCUT2D eigenvalue weighted by Crippen LogP contribution is -2.18. The molecular weight excluding hydrogens is 287 g/mol. The number of anilines is 1. The van der Waals surface area contributed by atoms with Gasteiger partial charge in [0.2, 0.25) is 0 Å². The van der Waals surface area contributed by atoms with Crippen LogP contribution in [-0.4, -0.2) is 20.4 Å². The molecule has 0 aliphatic rings. The molecule has 0 radical (unpaired) electrons. The van der Waals surface area contributed by atoms with Gasteiger partial charge in [0.25, 0.3) is 5.91 Å². The van der Waals surface area contributed by atoms with Gasteiger partial charge in [-0.15, -0.1) is 0 Å². The number of halogens is 2. The summed E-state index contributed by atoms with van der Waals surface area (Å²) in [5.74, 6) is 0.0410. The van der Waals surface area contributed by atoms with E-state index in [2.05, 4.69) is 15.3 Å². The van der Waals surface area contributed by atoms with Gasteiger partial charge in [-0.1, -0.05) is 23.2 Å². The monoisotopic (exact) mass is 298 g/mol. The number of aromatic nitrogens is 3. The Kier molecular flexibility index (Phi) is 4.07. The van der Waals surface area contributed by atoms with Gasteiger partial charge in [0.1, 0.15) is 10.8 Å². The third-order valence-corrected chi connectivity index (χ3v) is 2.87. The second-order valence-electron chi connectivity index (χ2n) is 4.22. The summed E-state index contributed by atoms with van der Waals surface area (Å²) in [5.41, 5.74) is 0.469. The largest absolute Gasteiger partial charge is 0.339 e. The minimum absolute atomic E-state index is 0.129. The fraction of sp³-hybridized carbons (Fsp3) is 0.250. The molecule has 19 heavy (non-hydrogen) atoms. The SMILES string of the molecule is CC(C)n1cc(Cl)cc1C(=O)Nc1cnc(Cl)cn1. The first-order valence-electron chi connectivity index (χ1n) is 5.63. The number of nitrogens with zero attached hydrogens (tertiary/aromatic N) is 3. The Morgan fingerprint density at radius 3 is 2.63 bits per heavy atom. The molecule has 5 nitrogen and oxygen atoms in total. The highest BCUT2D eigenvalue weighted by Gasteiger charge is 2.15. The van der Waals surface area contributed by atoms with Crippen molar-refractivity contribution in [3.05, 3.63) is 40.5 Å². The molecule has 2 heterocycles. The molecule has 2 aromatic heterocycles. The van der Waals surface area contributed by atoms with Crippen molar-refractivity contribution < 1.29 is 4.79 Å². The normalized spacial score (nSPS) is 10.8. The lowest BCUT2D eigenvalue weighted by molar-refractivity contribution is 0.101. The van der Waals surface area contributed by atoms with Gasteiger partial charge in [-0.25, -0.2) is 9.97 Å². The molecule has 0 aromatic carbocycles. The molecule has 1 amide bonds. The van der Waals surface area contributed by atoms with Crippen molar-refractivity contribution in [1.82, 2.24) is 14.5 Å². The summed E-state index contributed by atoms with van der Waals surface area (Å²) >= 11 is 11.6. The van der Waals surface area contributed by atoms with Gasteiger partial charge < -0.3 is 9.88 Å². The summed E-state index contributed by atoms with van der Waals surface area (Å²) < 4.78 is 1.79. The van der Waals surface area contributed by atoms with Crippen molar-refractivity contribution in [2.75, 3.05) is 5.32 Å². The van der Waals surface area contributed by atoms with Gasteiger partial charge in [0.15, 0.2) is 5.82 Å². The number of carbonyl (C=O) groups excluding carboxylic acids is 1. The van der Waals surface area contributed by atoms with Crippen molar-refractivity contribution >= 4 is 34.9 Å². The molecule has 2 rings (SSSR count). The molecule has 2 aromatic rings. The zero-order chi connectivity index (χ0) is 14.0. The van der Waals surface area contributed by atoms with Crippen LogP contribution in [0.4, 0.5) is 5.82 Å². The van der Waals surface area contributed by atoms with Crippen LogP contribution in [-0.2, 0) is 0 Å². The first-order valence-corrected chi connectivity index (χ1v) is 6.39. The first kappa shape index (κ1) is 13.8. The van der Waals surface area contributed by atoms with Gasteiger partial charge in [-0.05, 0) is 19.9 Å². The smallest absolute Gasteiger partial charge is 0.273 e. The van der Waals surface area contributed by atoms with Crippen LogP contribution in [0, 0.1) is 0 Å². The van der Waals surface area contributed by atoms with Gasteiger partial charge in [0.05, 0.1) is 17.4 Å². The fourth-order valence-corrected chi connectivity index (χ4v) is 1.92. The molecule has 0 unspecified atom stereocenters. The van der Waals surface area contributed by atoms with Crippen LogP contribution in [0.5, 0.6) is 0 Å². The summed E-state index contributed by atoms with van der Waals surface area (Å²) in [4.78, 5) is 19.9. The number of hydrogen-bond donors (Lipinski definition) is 1. The zero-order valence-electron chi connectivity index (χ0n) is 10.4. The van der Waals surface area contributed by atoms with E-state index in [0.717, 1.165) is 0 Å². The predicted octanol–water partition coefficient (Wildman–Crippen LogP) is 3.42. The van der Waals surface area contributed by atoms with Crippen LogP contribution >= 0.6 is 23.2 Å². The van der Waals surface area contributed by atoms with E-state index in [9.17, 15) is 4.79 Å². The average molecular weight is 299 g/mol. The van der Waals surface area contributed by atoms with E-state index in [1.54, 1.807) is 16.8 Å². The van der Waals surface area contributed by atoms with Crippen LogP contribution < -0.4 is 5.32 Å². The zero-order valence-corrected chi connectivity index (χ0v) is 11.9. The number of hydrogen-bond acceptors (Lipinski definition) is 3. The lowest BCUT2D eigenvalue weighted by Gasteiger charge is -2.12. The number of carbonyl (C=O) groups is 1. The highest BCUT2D eigenvalue weighted by atomic mass is 35.5. The van der Waals surface area contributed by atoms with E-state index >= 15 is 0 Å². The molecule has 0 spiro atoms.